The van der Waals surface area contributed by atoms with Crippen molar-refractivity contribution in [2.24, 2.45) is 0 Å². The Morgan fingerprint density at radius 3 is 2.62 bits per heavy atom. The maximum Gasteiger partial charge on any atom is 0.341 e. The van der Waals surface area contributed by atoms with Crippen LogP contribution in [0.1, 0.15) is 32.6 Å². The number of hydrogen-bond donors (Lipinski definition) is 3. The van der Waals surface area contributed by atoms with Crippen LogP contribution in [-0.2, 0) is 4.79 Å². The van der Waals surface area contributed by atoms with E-state index in [1.165, 1.54) is 0 Å². The van der Waals surface area contributed by atoms with Crippen molar-refractivity contribution in [2.75, 3.05) is 11.9 Å². The SMILES string of the molecule is CC1(NC(=O)Nc2ccccc2OCC(=O)O)CCCC1. The number of carboxylic acid groups (broad SMARTS) is 1. The minimum Gasteiger partial charge on any atom is -0.480 e. The van der Waals surface area contributed by atoms with Crippen LogP contribution in [0.5, 0.6) is 5.75 Å². The van der Waals surface area contributed by atoms with Gasteiger partial charge in [0.2, 0.25) is 0 Å². The second-order valence-electron chi connectivity index (χ2n) is 5.53. The van der Waals surface area contributed by atoms with Crippen LogP contribution in [0.3, 0.4) is 0 Å². The fourth-order valence-corrected chi connectivity index (χ4v) is 2.54. The number of nitrogens with one attached hydrogen (secondary N) is 2. The number of rotatable bonds is 5. The van der Waals surface area contributed by atoms with Gasteiger partial charge in [-0.2, -0.15) is 0 Å². The molecule has 21 heavy (non-hydrogen) atoms. The summed E-state index contributed by atoms with van der Waals surface area (Å²) in [6, 6.07) is 6.47. The lowest BCUT2D eigenvalue weighted by atomic mass is 10.0. The van der Waals surface area contributed by atoms with E-state index in [-0.39, 0.29) is 11.6 Å². The van der Waals surface area contributed by atoms with Gasteiger partial charge in [-0.1, -0.05) is 25.0 Å². The van der Waals surface area contributed by atoms with Crippen molar-refractivity contribution in [3.05, 3.63) is 24.3 Å². The number of carbonyl (C=O) groups is 2. The summed E-state index contributed by atoms with van der Waals surface area (Å²) in [6.45, 7) is 1.59. The number of para-hydroxylation sites is 2. The van der Waals surface area contributed by atoms with E-state index in [4.69, 9.17) is 9.84 Å². The lowest BCUT2D eigenvalue weighted by Gasteiger charge is -2.25. The number of carbonyl (C=O) groups excluding carboxylic acids is 1. The van der Waals surface area contributed by atoms with E-state index in [0.717, 1.165) is 25.7 Å². The Bertz CT molecular complexity index is 524. The van der Waals surface area contributed by atoms with Gasteiger partial charge in [-0.25, -0.2) is 9.59 Å². The van der Waals surface area contributed by atoms with Gasteiger partial charge in [-0.05, 0) is 31.9 Å². The molecule has 0 heterocycles. The molecule has 1 aromatic carbocycles. The highest BCUT2D eigenvalue weighted by atomic mass is 16.5. The van der Waals surface area contributed by atoms with Crippen LogP contribution >= 0.6 is 0 Å². The molecular weight excluding hydrogens is 272 g/mol. The summed E-state index contributed by atoms with van der Waals surface area (Å²) in [5.74, 6) is -0.723. The van der Waals surface area contributed by atoms with Gasteiger partial charge in [0.1, 0.15) is 5.75 Å². The Kier molecular flexibility index (Phi) is 4.67. The van der Waals surface area contributed by atoms with Crippen LogP contribution in [0.15, 0.2) is 24.3 Å². The average molecular weight is 292 g/mol. The Hall–Kier alpha value is -2.24. The molecule has 0 bridgehead atoms. The largest absolute Gasteiger partial charge is 0.480 e. The number of urea groups is 1. The van der Waals surface area contributed by atoms with E-state index in [1.807, 2.05) is 6.92 Å². The van der Waals surface area contributed by atoms with Crippen LogP contribution in [0.4, 0.5) is 10.5 Å². The molecule has 1 saturated carbocycles. The highest BCUT2D eigenvalue weighted by Gasteiger charge is 2.30. The minimum atomic E-state index is -1.06. The average Bonchev–Trinajstić information content (AvgIpc) is 2.83. The number of hydrogen-bond acceptors (Lipinski definition) is 3. The first-order chi connectivity index (χ1) is 9.98. The van der Waals surface area contributed by atoms with Crippen LogP contribution in [-0.4, -0.2) is 29.3 Å². The molecular formula is C15H20N2O4. The van der Waals surface area contributed by atoms with Crippen molar-refractivity contribution in [3.8, 4) is 5.75 Å². The Labute approximate surface area is 123 Å². The fraction of sp³-hybridized carbons (Fsp3) is 0.467. The third kappa shape index (κ3) is 4.37. The minimum absolute atomic E-state index is 0.166. The lowest BCUT2D eigenvalue weighted by molar-refractivity contribution is -0.139. The normalized spacial score (nSPS) is 16.2. The zero-order valence-electron chi connectivity index (χ0n) is 12.0. The molecule has 0 radical (unpaired) electrons. The van der Waals surface area contributed by atoms with Crippen LogP contribution in [0, 0.1) is 0 Å². The van der Waals surface area contributed by atoms with Crippen molar-refractivity contribution in [1.82, 2.24) is 5.32 Å². The molecule has 0 atom stereocenters. The molecule has 1 fully saturated rings. The Morgan fingerprint density at radius 1 is 1.29 bits per heavy atom. The first kappa shape index (κ1) is 15.2. The van der Waals surface area contributed by atoms with Crippen molar-refractivity contribution in [1.29, 1.82) is 0 Å². The van der Waals surface area contributed by atoms with Crippen molar-refractivity contribution in [2.45, 2.75) is 38.1 Å². The number of carboxylic acids is 1. The highest BCUT2D eigenvalue weighted by Crippen LogP contribution is 2.29. The molecule has 0 spiro atoms. The van der Waals surface area contributed by atoms with Gasteiger partial charge in [-0.15, -0.1) is 0 Å². The van der Waals surface area contributed by atoms with Gasteiger partial charge in [0, 0.05) is 5.54 Å². The zero-order valence-corrected chi connectivity index (χ0v) is 12.0. The molecule has 6 heteroatoms. The van der Waals surface area contributed by atoms with Crippen LogP contribution in [0.2, 0.25) is 0 Å². The van der Waals surface area contributed by atoms with Gasteiger partial charge in [0.05, 0.1) is 5.69 Å². The quantitative estimate of drug-likeness (QED) is 0.778. The van der Waals surface area contributed by atoms with Crippen molar-refractivity contribution < 1.29 is 19.4 Å². The summed E-state index contributed by atoms with van der Waals surface area (Å²) < 4.78 is 5.15. The standard InChI is InChI=1S/C15H20N2O4/c1-15(8-4-5-9-15)17-14(20)16-11-6-2-3-7-12(11)21-10-13(18)19/h2-3,6-7H,4-5,8-10H2,1H3,(H,18,19)(H2,16,17,20). The molecule has 3 N–H and O–H groups in total. The number of ether oxygens (including phenoxy) is 1. The Morgan fingerprint density at radius 2 is 1.95 bits per heavy atom. The van der Waals surface area contributed by atoms with Crippen LogP contribution in [0.25, 0.3) is 0 Å². The molecule has 0 aliphatic heterocycles. The third-order valence-electron chi connectivity index (χ3n) is 3.61. The highest BCUT2D eigenvalue weighted by molar-refractivity contribution is 5.91. The van der Waals surface area contributed by atoms with E-state index in [2.05, 4.69) is 10.6 Å². The summed E-state index contributed by atoms with van der Waals surface area (Å²) in [4.78, 5) is 22.6. The van der Waals surface area contributed by atoms with Crippen molar-refractivity contribution in [3.63, 3.8) is 0 Å². The monoisotopic (exact) mass is 292 g/mol. The first-order valence-electron chi connectivity index (χ1n) is 7.01. The van der Waals surface area contributed by atoms with Gasteiger partial charge in [0.15, 0.2) is 6.61 Å². The van der Waals surface area contributed by atoms with Gasteiger partial charge < -0.3 is 20.5 Å². The smallest absolute Gasteiger partial charge is 0.341 e. The number of aliphatic carboxylic acids is 1. The zero-order chi connectivity index (χ0) is 15.3. The second-order valence-corrected chi connectivity index (χ2v) is 5.53. The summed E-state index contributed by atoms with van der Waals surface area (Å²) in [6.07, 6.45) is 4.18. The predicted molar refractivity (Wildman–Crippen MR) is 78.6 cm³/mol. The lowest BCUT2D eigenvalue weighted by Crippen LogP contribution is -2.45. The molecule has 0 aromatic heterocycles. The molecule has 1 aromatic rings. The van der Waals surface area contributed by atoms with Gasteiger partial charge in [0.25, 0.3) is 0 Å². The van der Waals surface area contributed by atoms with E-state index >= 15 is 0 Å². The molecule has 1 aliphatic rings. The molecule has 6 nitrogen and oxygen atoms in total. The Balaban J connectivity index is 1.98. The summed E-state index contributed by atoms with van der Waals surface area (Å²) in [7, 11) is 0. The summed E-state index contributed by atoms with van der Waals surface area (Å²) in [5, 5.41) is 14.3. The fourth-order valence-electron chi connectivity index (χ4n) is 2.54. The number of anilines is 1. The van der Waals surface area contributed by atoms with E-state index in [1.54, 1.807) is 24.3 Å². The maximum absolute atomic E-state index is 12.1. The second kappa shape index (κ2) is 6.47. The molecule has 2 amide bonds. The van der Waals surface area contributed by atoms with Gasteiger partial charge >= 0.3 is 12.0 Å². The van der Waals surface area contributed by atoms with Gasteiger partial charge in [-0.3, -0.25) is 0 Å². The van der Waals surface area contributed by atoms with E-state index in [0.29, 0.717) is 11.4 Å². The number of amides is 2. The first-order valence-corrected chi connectivity index (χ1v) is 7.01. The van der Waals surface area contributed by atoms with E-state index < -0.39 is 12.6 Å². The summed E-state index contributed by atoms with van der Waals surface area (Å²) >= 11 is 0. The predicted octanol–water partition coefficient (Wildman–Crippen LogP) is 2.60. The topological polar surface area (TPSA) is 87.7 Å². The molecule has 0 saturated heterocycles. The number of benzene rings is 1. The summed E-state index contributed by atoms with van der Waals surface area (Å²) in [5.41, 5.74) is 0.291. The molecule has 114 valence electrons. The molecule has 0 unspecified atom stereocenters. The third-order valence-corrected chi connectivity index (χ3v) is 3.61. The molecule has 1 aliphatic carbocycles. The van der Waals surface area contributed by atoms with Crippen molar-refractivity contribution >= 4 is 17.7 Å². The molecule has 2 rings (SSSR count). The van der Waals surface area contributed by atoms with Crippen LogP contribution < -0.4 is 15.4 Å². The maximum atomic E-state index is 12.1. The van der Waals surface area contributed by atoms with E-state index in [9.17, 15) is 9.59 Å².